The van der Waals surface area contributed by atoms with Crippen LogP contribution in [-0.2, 0) is 6.54 Å². The molecular formula is C50H65N3O4. The average molecular weight is 772 g/mol. The van der Waals surface area contributed by atoms with Crippen molar-refractivity contribution >= 4 is 5.69 Å². The lowest BCUT2D eigenvalue weighted by atomic mass is 9.92. The monoisotopic (exact) mass is 771 g/mol. The molecule has 3 aliphatic rings. The first kappa shape index (κ1) is 41.7. The number of ether oxygens (including phenoxy) is 4. The van der Waals surface area contributed by atoms with Crippen LogP contribution < -0.4 is 29.2 Å². The lowest BCUT2D eigenvalue weighted by molar-refractivity contribution is 0.224. The molecule has 57 heavy (non-hydrogen) atoms. The van der Waals surface area contributed by atoms with Crippen LogP contribution in [0, 0.1) is 6.92 Å². The second-order valence-corrected chi connectivity index (χ2v) is 15.6. The summed E-state index contributed by atoms with van der Waals surface area (Å²) in [5.74, 6) is 4.24. The summed E-state index contributed by atoms with van der Waals surface area (Å²) < 4.78 is 23.2. The van der Waals surface area contributed by atoms with E-state index in [1.165, 1.54) is 63.0 Å². The summed E-state index contributed by atoms with van der Waals surface area (Å²) in [7, 11) is 6.94. The third-order valence-corrected chi connectivity index (χ3v) is 11.9. The maximum atomic E-state index is 5.82. The molecular weight excluding hydrogens is 707 g/mol. The fraction of sp³-hybridized carbons (Fsp3) is 0.440. The van der Waals surface area contributed by atoms with E-state index in [2.05, 4.69) is 127 Å². The minimum atomic E-state index is 0.0761. The van der Waals surface area contributed by atoms with Crippen LogP contribution in [-0.4, -0.2) is 59.0 Å². The van der Waals surface area contributed by atoms with Crippen molar-refractivity contribution in [2.24, 2.45) is 0 Å². The molecule has 0 bridgehead atoms. The van der Waals surface area contributed by atoms with Crippen molar-refractivity contribution in [2.45, 2.75) is 97.2 Å². The summed E-state index contributed by atoms with van der Waals surface area (Å²) in [6.45, 7) is 14.5. The Hall–Kier alpha value is -4.88. The Bertz CT molecular complexity index is 1990. The van der Waals surface area contributed by atoms with Crippen molar-refractivity contribution in [3.8, 4) is 34.1 Å². The fourth-order valence-electron chi connectivity index (χ4n) is 8.37. The zero-order chi connectivity index (χ0) is 40.5. The van der Waals surface area contributed by atoms with Gasteiger partial charge in [-0.2, -0.15) is 0 Å². The van der Waals surface area contributed by atoms with Crippen molar-refractivity contribution in [3.63, 3.8) is 0 Å². The van der Waals surface area contributed by atoms with Gasteiger partial charge in [-0.25, -0.2) is 0 Å². The van der Waals surface area contributed by atoms with Crippen LogP contribution in [0.25, 0.3) is 11.1 Å². The van der Waals surface area contributed by atoms with Gasteiger partial charge in [0.15, 0.2) is 23.0 Å². The Morgan fingerprint density at radius 2 is 1.49 bits per heavy atom. The SMILES string of the molecule is CC.CCC(C)c1cc(C2C=C(CN3CCC(N(Cc4cccc(-c5cc(OC)c(OC)c(C6CC6)c5)c4)c4ccc(C)cc4)CC3)C=CN2)cc(OC)c1OC. The normalized spacial score (nSPS) is 17.4. The number of methoxy groups -OCH3 is 4. The van der Waals surface area contributed by atoms with E-state index < -0.39 is 0 Å². The Labute approximate surface area is 342 Å². The Morgan fingerprint density at radius 3 is 2.14 bits per heavy atom. The van der Waals surface area contributed by atoms with Gasteiger partial charge in [-0.15, -0.1) is 0 Å². The first-order valence-corrected chi connectivity index (χ1v) is 21.1. The summed E-state index contributed by atoms with van der Waals surface area (Å²) in [6.07, 6.45) is 12.4. The quantitative estimate of drug-likeness (QED) is 0.129. The number of anilines is 1. The molecule has 4 aromatic carbocycles. The van der Waals surface area contributed by atoms with E-state index in [9.17, 15) is 0 Å². The summed E-state index contributed by atoms with van der Waals surface area (Å²) >= 11 is 0. The van der Waals surface area contributed by atoms with Crippen LogP contribution in [0.5, 0.6) is 23.0 Å². The largest absolute Gasteiger partial charge is 0.493 e. The first-order chi connectivity index (χ1) is 27.8. The van der Waals surface area contributed by atoms with E-state index >= 15 is 0 Å². The summed E-state index contributed by atoms with van der Waals surface area (Å²) in [4.78, 5) is 5.27. The molecule has 2 unspecified atom stereocenters. The maximum absolute atomic E-state index is 5.82. The molecule has 2 atom stereocenters. The number of benzene rings is 4. The standard InChI is InChI=1S/C48H59N3O4.C2H6/c1-8-33(3)42-27-39(29-46(53-5)47(42)54-6)44-25-35(18-21-49-44)30-50-22-19-41(20-23-50)51(40-16-12-32(2)13-17-40)31-34-10-9-11-37(24-34)38-26-43(36-14-15-36)48(55-7)45(28-38)52-4;1-2/h9-13,16-18,21,24-29,33,36,41,44,49H,8,14-15,19-20,22-23,30-31H2,1-7H3;1-2H3. The molecule has 7 nitrogen and oxygen atoms in total. The fourth-order valence-corrected chi connectivity index (χ4v) is 8.37. The van der Waals surface area contributed by atoms with Crippen molar-refractivity contribution < 1.29 is 18.9 Å². The molecule has 2 fully saturated rings. The molecule has 7 rings (SSSR count). The van der Waals surface area contributed by atoms with Crippen LogP contribution >= 0.6 is 0 Å². The van der Waals surface area contributed by atoms with Gasteiger partial charge in [-0.1, -0.05) is 69.7 Å². The highest BCUT2D eigenvalue weighted by atomic mass is 16.5. The van der Waals surface area contributed by atoms with Crippen LogP contribution in [0.4, 0.5) is 5.69 Å². The molecule has 1 saturated carbocycles. The summed E-state index contributed by atoms with van der Waals surface area (Å²) in [5, 5.41) is 3.59. The smallest absolute Gasteiger partial charge is 0.164 e. The van der Waals surface area contributed by atoms with Crippen molar-refractivity contribution in [2.75, 3.05) is 53.0 Å². The molecule has 1 N–H and O–H groups in total. The predicted molar refractivity (Wildman–Crippen MR) is 236 cm³/mol. The lowest BCUT2D eigenvalue weighted by Gasteiger charge is -2.40. The van der Waals surface area contributed by atoms with Gasteiger partial charge in [0, 0.05) is 49.0 Å². The van der Waals surface area contributed by atoms with E-state index in [0.717, 1.165) is 68.4 Å². The minimum absolute atomic E-state index is 0.0761. The number of nitrogens with one attached hydrogen (secondary N) is 1. The zero-order valence-electron chi connectivity index (χ0n) is 35.9. The van der Waals surface area contributed by atoms with Gasteiger partial charge in [-0.05, 0) is 133 Å². The number of piperidine rings is 1. The highest BCUT2D eigenvalue weighted by Gasteiger charge is 2.30. The van der Waals surface area contributed by atoms with E-state index in [0.29, 0.717) is 17.9 Å². The van der Waals surface area contributed by atoms with Crippen LogP contribution in [0.2, 0.25) is 0 Å². The van der Waals surface area contributed by atoms with Gasteiger partial charge in [0.25, 0.3) is 0 Å². The highest BCUT2D eigenvalue weighted by Crippen LogP contribution is 2.49. The second-order valence-electron chi connectivity index (χ2n) is 15.6. The zero-order valence-corrected chi connectivity index (χ0v) is 35.9. The topological polar surface area (TPSA) is 55.4 Å². The number of aryl methyl sites for hydroxylation is 1. The number of nitrogens with zero attached hydrogens (tertiary/aromatic N) is 2. The molecule has 4 aromatic rings. The molecule has 304 valence electrons. The minimum Gasteiger partial charge on any atom is -0.493 e. The number of rotatable bonds is 15. The number of likely N-dealkylation sites (tertiary alicyclic amines) is 1. The van der Waals surface area contributed by atoms with Gasteiger partial charge < -0.3 is 29.2 Å². The second kappa shape index (κ2) is 19.5. The lowest BCUT2D eigenvalue weighted by Crippen LogP contribution is -2.45. The van der Waals surface area contributed by atoms with E-state index in [1.807, 2.05) is 13.8 Å². The Morgan fingerprint density at radius 1 is 0.789 bits per heavy atom. The average Bonchev–Trinajstić information content (AvgIpc) is 4.12. The maximum Gasteiger partial charge on any atom is 0.164 e. The molecule has 0 spiro atoms. The van der Waals surface area contributed by atoms with Crippen LogP contribution in [0.15, 0.2) is 96.7 Å². The van der Waals surface area contributed by atoms with Crippen molar-refractivity contribution in [3.05, 3.63) is 125 Å². The summed E-state index contributed by atoms with van der Waals surface area (Å²) in [6, 6.07) is 27.5. The van der Waals surface area contributed by atoms with Crippen molar-refractivity contribution in [1.82, 2.24) is 10.2 Å². The molecule has 1 aliphatic carbocycles. The summed E-state index contributed by atoms with van der Waals surface area (Å²) in [5.41, 5.74) is 11.3. The van der Waals surface area contributed by atoms with E-state index in [1.54, 1.807) is 28.4 Å². The number of hydrogen-bond donors (Lipinski definition) is 1. The third-order valence-electron chi connectivity index (χ3n) is 11.9. The number of dihydropyridines is 1. The molecule has 2 heterocycles. The Kier molecular flexibility index (Phi) is 14.3. The van der Waals surface area contributed by atoms with Gasteiger partial charge in [0.05, 0.1) is 34.5 Å². The molecule has 0 amide bonds. The van der Waals surface area contributed by atoms with Gasteiger partial charge in [-0.3, -0.25) is 4.90 Å². The highest BCUT2D eigenvalue weighted by molar-refractivity contribution is 5.71. The first-order valence-electron chi connectivity index (χ1n) is 21.1. The molecule has 2 aliphatic heterocycles. The van der Waals surface area contributed by atoms with Gasteiger partial charge >= 0.3 is 0 Å². The van der Waals surface area contributed by atoms with Crippen LogP contribution in [0.3, 0.4) is 0 Å². The van der Waals surface area contributed by atoms with E-state index in [4.69, 9.17) is 18.9 Å². The third kappa shape index (κ3) is 9.81. The van der Waals surface area contributed by atoms with Gasteiger partial charge in [0.2, 0.25) is 0 Å². The molecule has 0 radical (unpaired) electrons. The van der Waals surface area contributed by atoms with Crippen molar-refractivity contribution in [1.29, 1.82) is 0 Å². The predicted octanol–water partition coefficient (Wildman–Crippen LogP) is 11.4. The van der Waals surface area contributed by atoms with Gasteiger partial charge in [0.1, 0.15) is 0 Å². The molecule has 0 aromatic heterocycles. The Balaban J connectivity index is 0.00000270. The van der Waals surface area contributed by atoms with Crippen LogP contribution in [0.1, 0.15) is 105 Å². The number of hydrogen-bond acceptors (Lipinski definition) is 7. The molecule has 1 saturated heterocycles. The molecule has 7 heteroatoms. The van der Waals surface area contributed by atoms with E-state index in [-0.39, 0.29) is 6.04 Å².